The predicted octanol–water partition coefficient (Wildman–Crippen LogP) is 1.53. The Morgan fingerprint density at radius 1 is 1.47 bits per heavy atom. The highest BCUT2D eigenvalue weighted by Gasteiger charge is 2.28. The molecule has 0 amide bonds. The van der Waals surface area contributed by atoms with Crippen molar-refractivity contribution in [2.75, 3.05) is 4.72 Å². The Bertz CT molecular complexity index is 669. The number of nitrogens with zero attached hydrogens (tertiary/aromatic N) is 2. The van der Waals surface area contributed by atoms with E-state index in [0.29, 0.717) is 12.1 Å². The summed E-state index contributed by atoms with van der Waals surface area (Å²) in [7, 11) is -4.38. The molecule has 0 aliphatic heterocycles. The van der Waals surface area contributed by atoms with Crippen molar-refractivity contribution in [3.8, 4) is 6.07 Å². The van der Waals surface area contributed by atoms with Gasteiger partial charge >= 0.3 is 0 Å². The zero-order valence-electron chi connectivity index (χ0n) is 9.42. The van der Waals surface area contributed by atoms with Gasteiger partial charge in [0.2, 0.25) is 10.0 Å². The van der Waals surface area contributed by atoms with E-state index in [-0.39, 0.29) is 0 Å². The average molecular weight is 291 g/mol. The summed E-state index contributed by atoms with van der Waals surface area (Å²) in [5, 5.41) is 17.5. The van der Waals surface area contributed by atoms with Gasteiger partial charge in [-0.15, -0.1) is 0 Å². The van der Waals surface area contributed by atoms with Gasteiger partial charge in [0, 0.05) is 6.07 Å². The monoisotopic (exact) mass is 291 g/mol. The molecule has 0 bridgehead atoms. The first-order valence-electron chi connectivity index (χ1n) is 4.74. The zero-order valence-corrected chi connectivity index (χ0v) is 10.2. The van der Waals surface area contributed by atoms with Crippen LogP contribution in [0.3, 0.4) is 0 Å². The van der Waals surface area contributed by atoms with Crippen LogP contribution in [0.5, 0.6) is 0 Å². The Balaban J connectivity index is 3.40. The van der Waals surface area contributed by atoms with E-state index in [1.165, 1.54) is 10.8 Å². The molecule has 0 aliphatic rings. The normalized spacial score (nSPS) is 12.5. The van der Waals surface area contributed by atoms with E-state index in [0.717, 1.165) is 6.92 Å². The number of nitriles is 1. The minimum atomic E-state index is -4.38. The van der Waals surface area contributed by atoms with Gasteiger partial charge in [0.05, 0.1) is 11.0 Å². The van der Waals surface area contributed by atoms with Crippen LogP contribution in [0.1, 0.15) is 6.92 Å². The molecule has 0 aliphatic carbocycles. The maximum Gasteiger partial charge on any atom is 0.296 e. The van der Waals surface area contributed by atoms with Crippen LogP contribution in [-0.2, 0) is 10.0 Å². The van der Waals surface area contributed by atoms with Crippen LogP contribution >= 0.6 is 0 Å². The minimum absolute atomic E-state index is 0.499. The molecule has 0 saturated heterocycles. The predicted molar refractivity (Wildman–Crippen MR) is 60.6 cm³/mol. The van der Waals surface area contributed by atoms with Gasteiger partial charge < -0.3 is 0 Å². The summed E-state index contributed by atoms with van der Waals surface area (Å²) in [5.41, 5.74) is -2.08. The van der Waals surface area contributed by atoms with E-state index < -0.39 is 43.2 Å². The van der Waals surface area contributed by atoms with E-state index in [2.05, 4.69) is 0 Å². The molecule has 1 atom stereocenters. The van der Waals surface area contributed by atoms with Gasteiger partial charge in [-0.1, -0.05) is 0 Å². The van der Waals surface area contributed by atoms with Crippen molar-refractivity contribution in [1.29, 1.82) is 5.26 Å². The van der Waals surface area contributed by atoms with Gasteiger partial charge in [0.15, 0.2) is 22.6 Å². The second kappa shape index (κ2) is 5.15. The molecule has 1 rings (SSSR count). The molecular formula is C9H7F2N3O4S. The van der Waals surface area contributed by atoms with Crippen LogP contribution in [0.2, 0.25) is 0 Å². The molecule has 0 aromatic heterocycles. The van der Waals surface area contributed by atoms with Crippen LogP contribution in [0.25, 0.3) is 0 Å². The highest BCUT2D eigenvalue weighted by atomic mass is 32.2. The SMILES string of the molecule is CC(C#N)S(=O)(=O)Nc1c([N+](=O)[O-])ccc(F)c1F. The third-order valence-electron chi connectivity index (χ3n) is 2.16. The van der Waals surface area contributed by atoms with Crippen molar-refractivity contribution in [2.24, 2.45) is 0 Å². The van der Waals surface area contributed by atoms with Crippen LogP contribution in [-0.4, -0.2) is 18.6 Å². The molecule has 7 nitrogen and oxygen atoms in total. The van der Waals surface area contributed by atoms with E-state index in [9.17, 15) is 27.3 Å². The third kappa shape index (κ3) is 2.94. The highest BCUT2D eigenvalue weighted by molar-refractivity contribution is 7.93. The number of nitrogens with one attached hydrogen (secondary N) is 1. The number of nitro benzene ring substituents is 1. The first-order valence-corrected chi connectivity index (χ1v) is 6.29. The fraction of sp³-hybridized carbons (Fsp3) is 0.222. The topological polar surface area (TPSA) is 113 Å². The summed E-state index contributed by atoms with van der Waals surface area (Å²) in [5.74, 6) is -3.16. The summed E-state index contributed by atoms with van der Waals surface area (Å²) in [4.78, 5) is 9.56. The Morgan fingerprint density at radius 3 is 2.53 bits per heavy atom. The van der Waals surface area contributed by atoms with Crippen molar-refractivity contribution in [3.63, 3.8) is 0 Å². The Kier molecular flexibility index (Phi) is 4.01. The molecular weight excluding hydrogens is 284 g/mol. The number of sulfonamides is 1. The van der Waals surface area contributed by atoms with Crippen LogP contribution < -0.4 is 4.72 Å². The smallest absolute Gasteiger partial charge is 0.273 e. The molecule has 0 fully saturated rings. The van der Waals surface area contributed by atoms with Crippen molar-refractivity contribution in [3.05, 3.63) is 33.9 Å². The van der Waals surface area contributed by atoms with Crippen LogP contribution in [0.4, 0.5) is 20.2 Å². The van der Waals surface area contributed by atoms with Gasteiger partial charge in [-0.2, -0.15) is 5.26 Å². The van der Waals surface area contributed by atoms with Crippen molar-refractivity contribution in [1.82, 2.24) is 0 Å². The summed E-state index contributed by atoms with van der Waals surface area (Å²) in [6.07, 6.45) is 0. The molecule has 0 heterocycles. The lowest BCUT2D eigenvalue weighted by Crippen LogP contribution is -2.25. The largest absolute Gasteiger partial charge is 0.296 e. The molecule has 1 N–H and O–H groups in total. The lowest BCUT2D eigenvalue weighted by atomic mass is 10.2. The lowest BCUT2D eigenvalue weighted by molar-refractivity contribution is -0.384. The minimum Gasteiger partial charge on any atom is -0.273 e. The van der Waals surface area contributed by atoms with Crippen molar-refractivity contribution in [2.45, 2.75) is 12.2 Å². The highest BCUT2D eigenvalue weighted by Crippen LogP contribution is 2.30. The number of rotatable bonds is 4. The second-order valence-corrected chi connectivity index (χ2v) is 5.43. The molecule has 19 heavy (non-hydrogen) atoms. The van der Waals surface area contributed by atoms with Gasteiger partial charge in [-0.3, -0.25) is 14.8 Å². The van der Waals surface area contributed by atoms with E-state index >= 15 is 0 Å². The van der Waals surface area contributed by atoms with E-state index in [1.54, 1.807) is 0 Å². The Hall–Kier alpha value is -2.28. The summed E-state index contributed by atoms with van der Waals surface area (Å²) in [6.45, 7) is 0.991. The summed E-state index contributed by atoms with van der Waals surface area (Å²) >= 11 is 0. The molecule has 1 unspecified atom stereocenters. The molecule has 0 radical (unpaired) electrons. The third-order valence-corrected chi connectivity index (χ3v) is 3.69. The van der Waals surface area contributed by atoms with Crippen LogP contribution in [0.15, 0.2) is 12.1 Å². The van der Waals surface area contributed by atoms with E-state index in [4.69, 9.17) is 5.26 Å². The maximum atomic E-state index is 13.4. The van der Waals surface area contributed by atoms with Gasteiger partial charge in [-0.25, -0.2) is 17.2 Å². The number of hydrogen-bond acceptors (Lipinski definition) is 5. The fourth-order valence-corrected chi connectivity index (χ4v) is 1.88. The Labute approximate surface area is 106 Å². The molecule has 0 spiro atoms. The maximum absolute atomic E-state index is 13.4. The van der Waals surface area contributed by atoms with Gasteiger partial charge in [0.25, 0.3) is 5.69 Å². The quantitative estimate of drug-likeness (QED) is 0.667. The lowest BCUT2D eigenvalue weighted by Gasteiger charge is -2.10. The van der Waals surface area contributed by atoms with E-state index in [1.807, 2.05) is 0 Å². The van der Waals surface area contributed by atoms with Crippen molar-refractivity contribution >= 4 is 21.4 Å². The number of nitro groups is 1. The average Bonchev–Trinajstić information content (AvgIpc) is 2.33. The van der Waals surface area contributed by atoms with Crippen LogP contribution in [0, 0.1) is 33.1 Å². The Morgan fingerprint density at radius 2 is 2.05 bits per heavy atom. The number of benzene rings is 1. The first kappa shape index (κ1) is 14.8. The molecule has 1 aromatic rings. The molecule has 10 heteroatoms. The number of anilines is 1. The zero-order chi connectivity index (χ0) is 14.8. The number of halogens is 2. The first-order chi connectivity index (χ1) is 8.70. The molecule has 0 saturated carbocycles. The summed E-state index contributed by atoms with van der Waals surface area (Å²) in [6, 6.07) is 2.49. The number of hydrogen-bond donors (Lipinski definition) is 1. The van der Waals surface area contributed by atoms with Crippen molar-refractivity contribution < 1.29 is 22.1 Å². The molecule has 102 valence electrons. The standard InChI is InChI=1S/C9H7F2N3O4S/c1-5(4-12)19(17,18)13-9-7(14(15)16)3-2-6(10)8(9)11/h2-3,5,13H,1H3. The molecule has 1 aromatic carbocycles. The van der Waals surface area contributed by atoms with Gasteiger partial charge in [0.1, 0.15) is 0 Å². The summed E-state index contributed by atoms with van der Waals surface area (Å²) < 4.78 is 51.0. The second-order valence-electron chi connectivity index (χ2n) is 3.43. The fourth-order valence-electron chi connectivity index (χ4n) is 1.09. The van der Waals surface area contributed by atoms with Gasteiger partial charge in [-0.05, 0) is 13.0 Å².